The maximum absolute atomic E-state index is 12.3. The maximum atomic E-state index is 12.3. The average molecular weight is 413 g/mol. The Balaban J connectivity index is 1.94. The molecule has 1 heterocycles. The van der Waals surface area contributed by atoms with Crippen molar-refractivity contribution in [2.24, 2.45) is 0 Å². The predicted molar refractivity (Wildman–Crippen MR) is 101 cm³/mol. The molecule has 1 aromatic rings. The van der Waals surface area contributed by atoms with Crippen molar-refractivity contribution in [2.75, 3.05) is 24.2 Å². The van der Waals surface area contributed by atoms with Gasteiger partial charge in [0, 0.05) is 23.9 Å². The molecule has 0 aliphatic carbocycles. The summed E-state index contributed by atoms with van der Waals surface area (Å²) in [5, 5.41) is 13.4. The van der Waals surface area contributed by atoms with Crippen LogP contribution in [0.2, 0.25) is 0 Å². The van der Waals surface area contributed by atoms with Crippen LogP contribution < -0.4 is 5.32 Å². The average Bonchev–Trinajstić information content (AvgIpc) is 3.12. The summed E-state index contributed by atoms with van der Waals surface area (Å²) in [6, 6.07) is 3.28. The lowest BCUT2D eigenvalue weighted by atomic mass is 10.2. The smallest absolute Gasteiger partial charge is 0.324 e. The molecule has 1 N–H and O–H groups in total. The van der Waals surface area contributed by atoms with Crippen LogP contribution in [0.15, 0.2) is 18.2 Å². The number of sulfonamides is 1. The first-order chi connectivity index (χ1) is 13.2. The zero-order valence-electron chi connectivity index (χ0n) is 15.7. The summed E-state index contributed by atoms with van der Waals surface area (Å²) in [5.41, 5.74) is 0.507. The molecule has 0 aromatic heterocycles. The Morgan fingerprint density at radius 1 is 1.39 bits per heavy atom. The molecule has 10 nitrogen and oxygen atoms in total. The van der Waals surface area contributed by atoms with Crippen LogP contribution in [0.1, 0.15) is 31.7 Å². The number of rotatable bonds is 8. The number of carbonyl (C=O) groups excluding carboxylic acids is 2. The third kappa shape index (κ3) is 5.26. The van der Waals surface area contributed by atoms with Crippen LogP contribution in [-0.4, -0.2) is 54.5 Å². The van der Waals surface area contributed by atoms with E-state index in [1.54, 1.807) is 13.8 Å². The summed E-state index contributed by atoms with van der Waals surface area (Å²) < 4.78 is 30.6. The molecule has 11 heteroatoms. The molecule has 2 rings (SSSR count). The first-order valence-electron chi connectivity index (χ1n) is 8.86. The molecule has 1 aliphatic heterocycles. The summed E-state index contributed by atoms with van der Waals surface area (Å²) in [6.07, 6.45) is 1.32. The highest BCUT2D eigenvalue weighted by Gasteiger charge is 2.39. The molecule has 1 saturated heterocycles. The van der Waals surface area contributed by atoms with E-state index in [0.717, 1.165) is 4.31 Å². The summed E-state index contributed by atoms with van der Waals surface area (Å²) >= 11 is 0. The number of ether oxygens (including phenoxy) is 1. The number of benzene rings is 1. The molecule has 1 amide bonds. The van der Waals surface area contributed by atoms with Crippen molar-refractivity contribution >= 4 is 33.3 Å². The van der Waals surface area contributed by atoms with Crippen molar-refractivity contribution in [3.05, 3.63) is 33.9 Å². The molecule has 1 aliphatic rings. The van der Waals surface area contributed by atoms with E-state index in [9.17, 15) is 28.1 Å². The molecule has 28 heavy (non-hydrogen) atoms. The van der Waals surface area contributed by atoms with Crippen molar-refractivity contribution in [3.8, 4) is 0 Å². The largest absolute Gasteiger partial charge is 0.454 e. The van der Waals surface area contributed by atoms with Crippen LogP contribution >= 0.6 is 0 Å². The van der Waals surface area contributed by atoms with Gasteiger partial charge in [-0.2, -0.15) is 4.31 Å². The normalized spacial score (nSPS) is 17.3. The highest BCUT2D eigenvalue weighted by molar-refractivity contribution is 7.89. The minimum atomic E-state index is -3.54. The zero-order chi connectivity index (χ0) is 20.9. The number of aryl methyl sites for hydroxylation is 1. The van der Waals surface area contributed by atoms with Crippen molar-refractivity contribution < 1.29 is 27.7 Å². The predicted octanol–water partition coefficient (Wildman–Crippen LogP) is 1.59. The lowest BCUT2D eigenvalue weighted by Gasteiger charge is -2.22. The standard InChI is InChI=1S/C17H23N3O7S/c1-3-9-28(25,26)19-8-4-5-14(19)17(22)27-11-16(21)18-13-7-6-12(2)15(10-13)20(23)24/h6-7,10,14H,3-5,8-9,11H2,1-2H3,(H,18,21). The van der Waals surface area contributed by atoms with Crippen molar-refractivity contribution in [1.29, 1.82) is 0 Å². The van der Waals surface area contributed by atoms with Gasteiger partial charge in [-0.3, -0.25) is 19.7 Å². The summed E-state index contributed by atoms with van der Waals surface area (Å²) in [7, 11) is -3.54. The molecule has 0 bridgehead atoms. The van der Waals surface area contributed by atoms with Crippen LogP contribution in [0.5, 0.6) is 0 Å². The molecular weight excluding hydrogens is 390 g/mol. The topological polar surface area (TPSA) is 136 Å². The Hall–Kier alpha value is -2.53. The van der Waals surface area contributed by atoms with Gasteiger partial charge in [0.1, 0.15) is 6.04 Å². The molecule has 0 spiro atoms. The number of anilines is 1. The van der Waals surface area contributed by atoms with Crippen molar-refractivity contribution in [1.82, 2.24) is 4.31 Å². The molecule has 0 radical (unpaired) electrons. The van der Waals surface area contributed by atoms with Gasteiger partial charge < -0.3 is 10.1 Å². The van der Waals surface area contributed by atoms with E-state index in [0.29, 0.717) is 24.8 Å². The Morgan fingerprint density at radius 2 is 2.11 bits per heavy atom. The molecule has 1 fully saturated rings. The van der Waals surface area contributed by atoms with Crippen LogP contribution in [0, 0.1) is 17.0 Å². The number of amides is 1. The number of esters is 1. The van der Waals surface area contributed by atoms with Crippen molar-refractivity contribution in [3.63, 3.8) is 0 Å². The van der Waals surface area contributed by atoms with Crippen LogP contribution in [0.3, 0.4) is 0 Å². The van der Waals surface area contributed by atoms with Gasteiger partial charge in [0.15, 0.2) is 6.61 Å². The minimum absolute atomic E-state index is 0.0521. The van der Waals surface area contributed by atoms with Gasteiger partial charge in [-0.05, 0) is 32.3 Å². The maximum Gasteiger partial charge on any atom is 0.324 e. The number of hydrogen-bond acceptors (Lipinski definition) is 7. The van der Waals surface area contributed by atoms with E-state index in [-0.39, 0.29) is 23.7 Å². The van der Waals surface area contributed by atoms with Gasteiger partial charge in [-0.25, -0.2) is 8.42 Å². The third-order valence-electron chi connectivity index (χ3n) is 4.33. The molecule has 1 atom stereocenters. The fourth-order valence-corrected chi connectivity index (χ4v) is 4.73. The van der Waals surface area contributed by atoms with E-state index < -0.39 is 39.5 Å². The van der Waals surface area contributed by atoms with Gasteiger partial charge >= 0.3 is 5.97 Å². The second-order valence-corrected chi connectivity index (χ2v) is 8.54. The number of nitrogens with one attached hydrogen (secondary N) is 1. The van der Waals surface area contributed by atoms with Gasteiger partial charge in [0.25, 0.3) is 11.6 Å². The molecule has 1 aromatic carbocycles. The number of nitro benzene ring substituents is 1. The van der Waals surface area contributed by atoms with E-state index in [2.05, 4.69) is 5.32 Å². The highest BCUT2D eigenvalue weighted by atomic mass is 32.2. The lowest BCUT2D eigenvalue weighted by Crippen LogP contribution is -2.43. The molecular formula is C17H23N3O7S. The Labute approximate surface area is 163 Å². The van der Waals surface area contributed by atoms with Crippen LogP contribution in [0.4, 0.5) is 11.4 Å². The summed E-state index contributed by atoms with van der Waals surface area (Å²) in [5.74, 6) is -1.50. The van der Waals surface area contributed by atoms with Crippen LogP contribution in [0.25, 0.3) is 0 Å². The highest BCUT2D eigenvalue weighted by Crippen LogP contribution is 2.24. The summed E-state index contributed by atoms with van der Waals surface area (Å²) in [6.45, 7) is 2.95. The van der Waals surface area contributed by atoms with E-state index in [1.165, 1.54) is 18.2 Å². The summed E-state index contributed by atoms with van der Waals surface area (Å²) in [4.78, 5) is 34.6. The zero-order valence-corrected chi connectivity index (χ0v) is 16.5. The van der Waals surface area contributed by atoms with Gasteiger partial charge in [0.05, 0.1) is 10.7 Å². The van der Waals surface area contributed by atoms with Gasteiger partial charge in [0.2, 0.25) is 10.0 Å². The molecule has 1 unspecified atom stereocenters. The Kier molecular flexibility index (Phi) is 7.08. The van der Waals surface area contributed by atoms with E-state index in [4.69, 9.17) is 4.74 Å². The Morgan fingerprint density at radius 3 is 2.75 bits per heavy atom. The quantitative estimate of drug-likeness (QED) is 0.388. The van der Waals surface area contributed by atoms with Crippen LogP contribution in [-0.2, 0) is 24.3 Å². The second-order valence-electron chi connectivity index (χ2n) is 6.50. The van der Waals surface area contributed by atoms with Gasteiger partial charge in [-0.1, -0.05) is 13.0 Å². The van der Waals surface area contributed by atoms with E-state index in [1.807, 2.05) is 0 Å². The first kappa shape index (κ1) is 21.8. The fraction of sp³-hybridized carbons (Fsp3) is 0.529. The number of carbonyl (C=O) groups is 2. The Bertz CT molecular complexity index is 870. The lowest BCUT2D eigenvalue weighted by molar-refractivity contribution is -0.385. The second kappa shape index (κ2) is 9.11. The van der Waals surface area contributed by atoms with Crippen molar-refractivity contribution in [2.45, 2.75) is 39.2 Å². The minimum Gasteiger partial charge on any atom is -0.454 e. The first-order valence-corrected chi connectivity index (χ1v) is 10.5. The van der Waals surface area contributed by atoms with Gasteiger partial charge in [-0.15, -0.1) is 0 Å². The number of nitro groups is 1. The molecule has 0 saturated carbocycles. The number of nitrogens with zero attached hydrogens (tertiary/aromatic N) is 2. The van der Waals surface area contributed by atoms with E-state index >= 15 is 0 Å². The molecule has 154 valence electrons. The SMILES string of the molecule is CCCS(=O)(=O)N1CCCC1C(=O)OCC(=O)Nc1ccc(C)c([N+](=O)[O-])c1. The third-order valence-corrected chi connectivity index (χ3v) is 6.41. The fourth-order valence-electron chi connectivity index (χ4n) is 3.00. The monoisotopic (exact) mass is 413 g/mol. The number of hydrogen-bond donors (Lipinski definition) is 1.